The Bertz CT molecular complexity index is 731. The minimum absolute atomic E-state index is 0.114. The van der Waals surface area contributed by atoms with Crippen LogP contribution in [0.15, 0.2) is 40.9 Å². The molecule has 4 nitrogen and oxygen atoms in total. The third kappa shape index (κ3) is 2.96. The normalized spacial score (nSPS) is 19.3. The Labute approximate surface area is 144 Å². The first kappa shape index (κ1) is 15.0. The molecule has 0 aliphatic carbocycles. The third-order valence-corrected chi connectivity index (χ3v) is 5.58. The van der Waals surface area contributed by atoms with Gasteiger partial charge in [-0.2, -0.15) is 0 Å². The van der Waals surface area contributed by atoms with Crippen LogP contribution in [0.4, 0.5) is 0 Å². The summed E-state index contributed by atoms with van der Waals surface area (Å²) >= 11 is 8.30. The van der Waals surface area contributed by atoms with Gasteiger partial charge in [0, 0.05) is 23.0 Å². The lowest BCUT2D eigenvalue weighted by Gasteiger charge is -2.35. The quantitative estimate of drug-likeness (QED) is 0.844. The van der Waals surface area contributed by atoms with E-state index in [0.29, 0.717) is 19.1 Å². The highest BCUT2D eigenvalue weighted by Gasteiger charge is 2.33. The van der Waals surface area contributed by atoms with E-state index in [1.165, 1.54) is 10.4 Å². The molecule has 1 unspecified atom stereocenters. The van der Waals surface area contributed by atoms with Crippen molar-refractivity contribution in [2.75, 3.05) is 19.8 Å². The molecular formula is C17H17ClN2O2S. The molecule has 120 valence electrons. The van der Waals surface area contributed by atoms with Gasteiger partial charge in [0.2, 0.25) is 5.90 Å². The number of fused-ring (bicyclic) bond motifs is 1. The van der Waals surface area contributed by atoms with Gasteiger partial charge in [-0.05, 0) is 40.2 Å². The molecule has 23 heavy (non-hydrogen) atoms. The molecule has 6 heteroatoms. The van der Waals surface area contributed by atoms with Crippen molar-refractivity contribution in [3.63, 3.8) is 0 Å². The Morgan fingerprint density at radius 3 is 2.96 bits per heavy atom. The molecule has 3 heterocycles. The second kappa shape index (κ2) is 6.51. The van der Waals surface area contributed by atoms with Crippen LogP contribution in [0.2, 0.25) is 5.02 Å². The zero-order valence-corrected chi connectivity index (χ0v) is 14.1. The van der Waals surface area contributed by atoms with Crippen molar-refractivity contribution >= 4 is 28.8 Å². The van der Waals surface area contributed by atoms with Gasteiger partial charge in [-0.3, -0.25) is 4.90 Å². The fraction of sp³-hybridized carbons (Fsp3) is 0.353. The number of hydrogen-bond acceptors (Lipinski definition) is 5. The van der Waals surface area contributed by atoms with E-state index >= 15 is 0 Å². The zero-order valence-electron chi connectivity index (χ0n) is 12.6. The lowest BCUT2D eigenvalue weighted by Crippen LogP contribution is -2.40. The SMILES string of the molecule is Clc1ccccc1C(C1=NOCCO1)N1CCc2sccc2C1. The molecule has 0 radical (unpaired) electrons. The monoisotopic (exact) mass is 348 g/mol. The summed E-state index contributed by atoms with van der Waals surface area (Å²) in [6, 6.07) is 9.98. The number of hydrogen-bond donors (Lipinski definition) is 0. The lowest BCUT2D eigenvalue weighted by molar-refractivity contribution is 0.0496. The first-order valence-corrected chi connectivity index (χ1v) is 8.95. The van der Waals surface area contributed by atoms with E-state index in [1.54, 1.807) is 0 Å². The van der Waals surface area contributed by atoms with E-state index in [-0.39, 0.29) is 6.04 Å². The summed E-state index contributed by atoms with van der Waals surface area (Å²) in [4.78, 5) is 9.10. The maximum atomic E-state index is 6.46. The molecule has 2 aromatic rings. The first-order valence-electron chi connectivity index (χ1n) is 7.69. The largest absolute Gasteiger partial charge is 0.474 e. The van der Waals surface area contributed by atoms with Gasteiger partial charge < -0.3 is 9.57 Å². The standard InChI is InChI=1S/C17H17ClN2O2S/c18-14-4-2-1-3-13(14)16(17-19-22-9-8-21-17)20-7-5-15-12(11-20)6-10-23-15/h1-4,6,10,16H,5,7-9,11H2. The Hall–Kier alpha value is -1.56. The van der Waals surface area contributed by atoms with Crippen molar-refractivity contribution in [3.8, 4) is 0 Å². The molecule has 0 saturated carbocycles. The number of rotatable bonds is 3. The lowest BCUT2D eigenvalue weighted by atomic mass is 10.0. The van der Waals surface area contributed by atoms with Crippen LogP contribution in [0.25, 0.3) is 0 Å². The molecule has 0 amide bonds. The molecule has 1 aromatic carbocycles. The average molecular weight is 349 g/mol. The van der Waals surface area contributed by atoms with Gasteiger partial charge in [-0.25, -0.2) is 0 Å². The van der Waals surface area contributed by atoms with Crippen LogP contribution < -0.4 is 0 Å². The van der Waals surface area contributed by atoms with E-state index < -0.39 is 0 Å². The van der Waals surface area contributed by atoms with E-state index in [2.05, 4.69) is 21.5 Å². The van der Waals surface area contributed by atoms with Gasteiger partial charge in [0.05, 0.1) is 0 Å². The molecule has 0 N–H and O–H groups in total. The molecular weight excluding hydrogens is 332 g/mol. The van der Waals surface area contributed by atoms with Crippen molar-refractivity contribution in [1.29, 1.82) is 0 Å². The van der Waals surface area contributed by atoms with Gasteiger partial charge in [0.25, 0.3) is 0 Å². The number of ether oxygens (including phenoxy) is 1. The minimum Gasteiger partial charge on any atom is -0.474 e. The van der Waals surface area contributed by atoms with Crippen LogP contribution in [0, 0.1) is 0 Å². The fourth-order valence-corrected chi connectivity index (χ4v) is 4.25. The number of benzene rings is 1. The van der Waals surface area contributed by atoms with Crippen LogP contribution in [-0.4, -0.2) is 30.6 Å². The van der Waals surface area contributed by atoms with Crippen LogP contribution in [0.1, 0.15) is 22.0 Å². The molecule has 0 fully saturated rings. The predicted molar refractivity (Wildman–Crippen MR) is 92.0 cm³/mol. The molecule has 0 spiro atoms. The summed E-state index contributed by atoms with van der Waals surface area (Å²) in [6.07, 6.45) is 1.04. The molecule has 1 aromatic heterocycles. The molecule has 1 atom stereocenters. The topological polar surface area (TPSA) is 34.1 Å². The Morgan fingerprint density at radius 2 is 2.13 bits per heavy atom. The summed E-state index contributed by atoms with van der Waals surface area (Å²) in [7, 11) is 0. The smallest absolute Gasteiger partial charge is 0.248 e. The van der Waals surface area contributed by atoms with Gasteiger partial charge in [0.15, 0.2) is 6.61 Å². The summed E-state index contributed by atoms with van der Waals surface area (Å²) in [5.41, 5.74) is 2.40. The molecule has 2 aliphatic heterocycles. The number of thiophene rings is 1. The van der Waals surface area contributed by atoms with Crippen molar-refractivity contribution in [2.45, 2.75) is 19.0 Å². The molecule has 0 saturated heterocycles. The fourth-order valence-electron chi connectivity index (χ4n) is 3.12. The maximum Gasteiger partial charge on any atom is 0.248 e. The van der Waals surface area contributed by atoms with Gasteiger partial charge in [-0.15, -0.1) is 11.3 Å². The predicted octanol–water partition coefficient (Wildman–Crippen LogP) is 3.86. The van der Waals surface area contributed by atoms with Crippen LogP contribution >= 0.6 is 22.9 Å². The molecule has 0 bridgehead atoms. The second-order valence-electron chi connectivity index (χ2n) is 5.62. The zero-order chi connectivity index (χ0) is 15.6. The number of nitrogens with zero attached hydrogens (tertiary/aromatic N) is 2. The number of oxime groups is 1. The van der Waals surface area contributed by atoms with Crippen molar-refractivity contribution in [3.05, 3.63) is 56.7 Å². The maximum absolute atomic E-state index is 6.46. The van der Waals surface area contributed by atoms with Crippen LogP contribution in [-0.2, 0) is 22.5 Å². The third-order valence-electron chi connectivity index (χ3n) is 4.22. The van der Waals surface area contributed by atoms with E-state index in [9.17, 15) is 0 Å². The Balaban J connectivity index is 1.71. The van der Waals surface area contributed by atoms with E-state index in [0.717, 1.165) is 30.1 Å². The van der Waals surface area contributed by atoms with Crippen molar-refractivity contribution in [2.24, 2.45) is 5.16 Å². The summed E-state index contributed by atoms with van der Waals surface area (Å²) < 4.78 is 5.80. The van der Waals surface area contributed by atoms with Crippen LogP contribution in [0.3, 0.4) is 0 Å². The second-order valence-corrected chi connectivity index (χ2v) is 7.03. The summed E-state index contributed by atoms with van der Waals surface area (Å²) in [6.45, 7) is 2.84. The molecule has 4 rings (SSSR count). The van der Waals surface area contributed by atoms with Gasteiger partial charge in [-0.1, -0.05) is 29.8 Å². The van der Waals surface area contributed by atoms with Crippen molar-refractivity contribution in [1.82, 2.24) is 4.90 Å². The van der Waals surface area contributed by atoms with E-state index in [4.69, 9.17) is 21.2 Å². The van der Waals surface area contributed by atoms with Gasteiger partial charge >= 0.3 is 0 Å². The average Bonchev–Trinajstić information content (AvgIpc) is 3.06. The molecule has 2 aliphatic rings. The highest BCUT2D eigenvalue weighted by molar-refractivity contribution is 7.10. The summed E-state index contributed by atoms with van der Waals surface area (Å²) in [5.74, 6) is 0.600. The van der Waals surface area contributed by atoms with Crippen molar-refractivity contribution < 1.29 is 9.57 Å². The highest BCUT2D eigenvalue weighted by atomic mass is 35.5. The highest BCUT2D eigenvalue weighted by Crippen LogP contribution is 2.34. The first-order chi connectivity index (χ1) is 11.3. The van der Waals surface area contributed by atoms with Gasteiger partial charge in [0.1, 0.15) is 12.6 Å². The van der Waals surface area contributed by atoms with Crippen LogP contribution in [0.5, 0.6) is 0 Å². The number of halogens is 1. The Morgan fingerprint density at radius 1 is 1.22 bits per heavy atom. The van der Waals surface area contributed by atoms with E-state index in [1.807, 2.05) is 35.6 Å². The Kier molecular flexibility index (Phi) is 4.25. The minimum atomic E-state index is -0.114. The summed E-state index contributed by atoms with van der Waals surface area (Å²) in [5, 5.41) is 7.05.